The monoisotopic (exact) mass is 491 g/mol. The van der Waals surface area contributed by atoms with Gasteiger partial charge in [-0.3, -0.25) is 4.98 Å². The molecule has 0 bridgehead atoms. The molecule has 0 spiro atoms. The van der Waals surface area contributed by atoms with Crippen molar-refractivity contribution in [2.75, 3.05) is 30.8 Å². The highest BCUT2D eigenvalue weighted by Gasteiger charge is 2.23. The molecular formula is C25H29N7O2S. The smallest absolute Gasteiger partial charge is 0.240 e. The van der Waals surface area contributed by atoms with Crippen molar-refractivity contribution in [3.8, 4) is 17.5 Å². The van der Waals surface area contributed by atoms with Crippen molar-refractivity contribution in [3.63, 3.8) is 0 Å². The number of hydrogen-bond donors (Lipinski definition) is 3. The Morgan fingerprint density at radius 1 is 0.971 bits per heavy atom. The van der Waals surface area contributed by atoms with Crippen LogP contribution in [-0.4, -0.2) is 43.5 Å². The zero-order valence-electron chi connectivity index (χ0n) is 19.6. The second-order valence-electron chi connectivity index (χ2n) is 8.69. The van der Waals surface area contributed by atoms with E-state index < -0.39 is 10.0 Å². The summed E-state index contributed by atoms with van der Waals surface area (Å²) in [6, 6.07) is 15.7. The van der Waals surface area contributed by atoms with Crippen LogP contribution < -0.4 is 15.4 Å². The lowest BCUT2D eigenvalue weighted by Crippen LogP contribution is -2.32. The maximum Gasteiger partial charge on any atom is 0.240 e. The number of rotatable bonds is 9. The minimum Gasteiger partial charge on any atom is -0.373 e. The van der Waals surface area contributed by atoms with Crippen molar-refractivity contribution < 1.29 is 8.42 Å². The molecule has 182 valence electrons. The van der Waals surface area contributed by atoms with E-state index in [1.54, 1.807) is 18.3 Å². The van der Waals surface area contributed by atoms with Gasteiger partial charge in [0.15, 0.2) is 0 Å². The number of aromatic nitrogens is 3. The van der Waals surface area contributed by atoms with E-state index in [1.165, 1.54) is 12.1 Å². The maximum atomic E-state index is 12.6. The molecule has 0 unspecified atom stereocenters. The zero-order chi connectivity index (χ0) is 24.7. The van der Waals surface area contributed by atoms with E-state index in [0.717, 1.165) is 49.4 Å². The molecular weight excluding hydrogens is 462 g/mol. The van der Waals surface area contributed by atoms with Gasteiger partial charge in [-0.15, -0.1) is 0 Å². The normalized spacial score (nSPS) is 17.9. The van der Waals surface area contributed by atoms with Crippen LogP contribution in [0.1, 0.15) is 31.2 Å². The highest BCUT2D eigenvalue weighted by molar-refractivity contribution is 7.89. The SMILES string of the molecule is CNc1cc(-c2ccccn2)nc(NCC2CCC(CNS(=O)(=O)c3cccc(C#N)c3)CC2)n1. The molecule has 9 nitrogen and oxygen atoms in total. The fraction of sp³-hybridized carbons (Fsp3) is 0.360. The highest BCUT2D eigenvalue weighted by atomic mass is 32.2. The van der Waals surface area contributed by atoms with Crippen LogP contribution in [0.2, 0.25) is 0 Å². The van der Waals surface area contributed by atoms with Gasteiger partial charge in [0.25, 0.3) is 0 Å². The number of hydrogen-bond acceptors (Lipinski definition) is 8. The molecule has 0 aliphatic heterocycles. The molecule has 1 aliphatic carbocycles. The third-order valence-corrected chi connectivity index (χ3v) is 7.68. The fourth-order valence-electron chi connectivity index (χ4n) is 4.22. The Bertz CT molecular complexity index is 1280. The third kappa shape index (κ3) is 6.53. The summed E-state index contributed by atoms with van der Waals surface area (Å²) in [5, 5.41) is 15.5. The Hall–Kier alpha value is -3.55. The van der Waals surface area contributed by atoms with Crippen LogP contribution in [0.3, 0.4) is 0 Å². The molecule has 3 aromatic rings. The van der Waals surface area contributed by atoms with Gasteiger partial charge < -0.3 is 10.6 Å². The van der Waals surface area contributed by atoms with Crippen molar-refractivity contribution >= 4 is 21.8 Å². The number of nitrogens with one attached hydrogen (secondary N) is 3. The molecule has 0 saturated heterocycles. The Labute approximate surface area is 206 Å². The largest absolute Gasteiger partial charge is 0.373 e. The Morgan fingerprint density at radius 2 is 1.74 bits per heavy atom. The van der Waals surface area contributed by atoms with E-state index in [4.69, 9.17) is 5.26 Å². The van der Waals surface area contributed by atoms with Crippen molar-refractivity contribution in [1.29, 1.82) is 5.26 Å². The van der Waals surface area contributed by atoms with E-state index in [9.17, 15) is 8.42 Å². The Kier molecular flexibility index (Phi) is 7.90. The highest BCUT2D eigenvalue weighted by Crippen LogP contribution is 2.29. The van der Waals surface area contributed by atoms with Crippen molar-refractivity contribution in [2.45, 2.75) is 30.6 Å². The summed E-state index contributed by atoms with van der Waals surface area (Å²) in [4.78, 5) is 13.6. The third-order valence-electron chi connectivity index (χ3n) is 6.26. The van der Waals surface area contributed by atoms with Crippen molar-refractivity contribution in [2.24, 2.45) is 11.8 Å². The molecule has 1 aliphatic rings. The molecule has 2 heterocycles. The van der Waals surface area contributed by atoms with Gasteiger partial charge in [0, 0.05) is 32.4 Å². The van der Waals surface area contributed by atoms with E-state index >= 15 is 0 Å². The summed E-state index contributed by atoms with van der Waals surface area (Å²) in [5.74, 6) is 2.04. The first-order valence-electron chi connectivity index (χ1n) is 11.7. The summed E-state index contributed by atoms with van der Waals surface area (Å²) in [6.07, 6.45) is 5.64. The summed E-state index contributed by atoms with van der Waals surface area (Å²) < 4.78 is 27.9. The fourth-order valence-corrected chi connectivity index (χ4v) is 5.38. The molecule has 2 aromatic heterocycles. The first kappa shape index (κ1) is 24.6. The first-order chi connectivity index (χ1) is 17.0. The van der Waals surface area contributed by atoms with E-state index in [1.807, 2.05) is 37.4 Å². The lowest BCUT2D eigenvalue weighted by molar-refractivity contribution is 0.284. The summed E-state index contributed by atoms with van der Waals surface area (Å²) in [6.45, 7) is 1.16. The number of pyridine rings is 1. The lowest BCUT2D eigenvalue weighted by Gasteiger charge is -2.28. The average Bonchev–Trinajstić information content (AvgIpc) is 2.91. The first-order valence-corrected chi connectivity index (χ1v) is 13.2. The van der Waals surface area contributed by atoms with Gasteiger partial charge in [0.1, 0.15) is 5.82 Å². The number of benzene rings is 1. The lowest BCUT2D eigenvalue weighted by atomic mass is 9.82. The number of anilines is 2. The molecule has 35 heavy (non-hydrogen) atoms. The van der Waals surface area contributed by atoms with Crippen LogP contribution in [0.4, 0.5) is 11.8 Å². The standard InChI is InChI=1S/C25H29N7O2S/c1-27-24-14-23(22-7-2-3-12-28-22)31-25(32-24)29-16-18-8-10-19(11-9-18)17-30-35(33,34)21-6-4-5-20(13-21)15-26/h2-7,12-14,18-19,30H,8-11,16-17H2,1H3,(H2,27,29,31,32). The minimum atomic E-state index is -3.63. The second kappa shape index (κ2) is 11.3. The molecule has 10 heteroatoms. The maximum absolute atomic E-state index is 12.6. The van der Waals surface area contributed by atoms with Crippen LogP contribution in [0.15, 0.2) is 59.6 Å². The Balaban J connectivity index is 1.28. The van der Waals surface area contributed by atoms with E-state index in [0.29, 0.717) is 29.9 Å². The molecule has 3 N–H and O–H groups in total. The Morgan fingerprint density at radius 3 is 2.43 bits per heavy atom. The van der Waals surface area contributed by atoms with E-state index in [2.05, 4.69) is 30.3 Å². The van der Waals surface area contributed by atoms with Gasteiger partial charge in [-0.05, 0) is 67.9 Å². The number of nitrogens with zero attached hydrogens (tertiary/aromatic N) is 4. The van der Waals surface area contributed by atoms with Crippen LogP contribution in [0.25, 0.3) is 11.4 Å². The van der Waals surface area contributed by atoms with Gasteiger partial charge in [-0.25, -0.2) is 18.1 Å². The van der Waals surface area contributed by atoms with Crippen molar-refractivity contribution in [3.05, 3.63) is 60.3 Å². The molecule has 0 amide bonds. The van der Waals surface area contributed by atoms with Gasteiger partial charge in [-0.2, -0.15) is 10.2 Å². The number of sulfonamides is 1. The minimum absolute atomic E-state index is 0.128. The van der Waals surface area contributed by atoms with Crippen molar-refractivity contribution in [1.82, 2.24) is 19.7 Å². The quantitative estimate of drug-likeness (QED) is 0.413. The predicted octanol–water partition coefficient (Wildman–Crippen LogP) is 3.65. The summed E-state index contributed by atoms with van der Waals surface area (Å²) in [7, 11) is -1.80. The van der Waals surface area contributed by atoms with E-state index in [-0.39, 0.29) is 4.90 Å². The molecule has 1 fully saturated rings. The van der Waals surface area contributed by atoms with Gasteiger partial charge >= 0.3 is 0 Å². The molecule has 1 aromatic carbocycles. The zero-order valence-corrected chi connectivity index (χ0v) is 20.4. The second-order valence-corrected chi connectivity index (χ2v) is 10.5. The molecule has 0 radical (unpaired) electrons. The molecule has 0 atom stereocenters. The van der Waals surface area contributed by atoms with Crippen LogP contribution in [0.5, 0.6) is 0 Å². The molecule has 1 saturated carbocycles. The van der Waals surface area contributed by atoms with Gasteiger partial charge in [0.05, 0.1) is 27.9 Å². The topological polar surface area (TPSA) is 133 Å². The van der Waals surface area contributed by atoms with Crippen LogP contribution >= 0.6 is 0 Å². The average molecular weight is 492 g/mol. The number of nitriles is 1. The van der Waals surface area contributed by atoms with Gasteiger partial charge in [-0.1, -0.05) is 12.1 Å². The van der Waals surface area contributed by atoms with Crippen LogP contribution in [0, 0.1) is 23.2 Å². The molecule has 4 rings (SSSR count). The van der Waals surface area contributed by atoms with Gasteiger partial charge in [0.2, 0.25) is 16.0 Å². The van der Waals surface area contributed by atoms with Crippen LogP contribution in [-0.2, 0) is 10.0 Å². The predicted molar refractivity (Wildman–Crippen MR) is 135 cm³/mol. The summed E-state index contributed by atoms with van der Waals surface area (Å²) >= 11 is 0. The summed E-state index contributed by atoms with van der Waals surface area (Å²) in [5.41, 5.74) is 1.87.